The second-order valence-electron chi connectivity index (χ2n) is 4.63. The molecule has 3 heterocycles. The van der Waals surface area contributed by atoms with Gasteiger partial charge >= 0.3 is 0 Å². The first-order valence-electron chi connectivity index (χ1n) is 5.90. The number of rotatable bonds is 0. The summed E-state index contributed by atoms with van der Waals surface area (Å²) in [6.07, 6.45) is 1.78. The van der Waals surface area contributed by atoms with Crippen LogP contribution in [0.1, 0.15) is 24.4 Å². The largest absolute Gasteiger partial charge is 0.425 e. The van der Waals surface area contributed by atoms with Crippen LogP contribution in [0.25, 0.3) is 0 Å². The van der Waals surface area contributed by atoms with E-state index in [1.807, 2.05) is 18.7 Å². The fourth-order valence-corrected chi connectivity index (χ4v) is 3.96. The Morgan fingerprint density at radius 3 is 2.89 bits per heavy atom. The predicted octanol–water partition coefficient (Wildman–Crippen LogP) is 1.87. The van der Waals surface area contributed by atoms with Crippen LogP contribution in [-0.4, -0.2) is 16.5 Å². The summed E-state index contributed by atoms with van der Waals surface area (Å²) >= 11 is 1.91. The second-order valence-corrected chi connectivity index (χ2v) is 5.86. The molecule has 18 heavy (non-hydrogen) atoms. The molecule has 3 N–H and O–H groups in total. The molecule has 1 spiro atoms. The lowest BCUT2D eigenvalue weighted by atomic mass is 9.71. The van der Waals surface area contributed by atoms with Gasteiger partial charge in [-0.25, -0.2) is 4.98 Å². The summed E-state index contributed by atoms with van der Waals surface area (Å²) < 4.78 is 5.54. The monoisotopic (exact) mass is 262 g/mol. The molecule has 0 amide bonds. The zero-order valence-corrected chi connectivity index (χ0v) is 10.9. The third kappa shape index (κ3) is 1.44. The van der Waals surface area contributed by atoms with E-state index in [9.17, 15) is 5.26 Å². The first-order valence-corrected chi connectivity index (χ1v) is 7.06. The first kappa shape index (κ1) is 11.5. The lowest BCUT2D eigenvalue weighted by molar-refractivity contribution is 0.451. The van der Waals surface area contributed by atoms with Gasteiger partial charge in [0.05, 0.1) is 17.1 Å². The molecule has 0 unspecified atom stereocenters. The topological polar surface area (TPSA) is 87.9 Å². The third-order valence-electron chi connectivity index (χ3n) is 3.64. The number of aromatic nitrogens is 1. The minimum Gasteiger partial charge on any atom is -0.425 e. The lowest BCUT2D eigenvalue weighted by Gasteiger charge is -2.38. The average Bonchev–Trinajstić information content (AvgIpc) is 2.72. The summed E-state index contributed by atoms with van der Waals surface area (Å²) in [5, 5.41) is 12.4. The zero-order valence-electron chi connectivity index (χ0n) is 10.1. The summed E-state index contributed by atoms with van der Waals surface area (Å²) in [6.45, 7) is 1.81. The van der Waals surface area contributed by atoms with Crippen LogP contribution in [-0.2, 0) is 5.41 Å². The van der Waals surface area contributed by atoms with E-state index in [0.29, 0.717) is 23.2 Å². The molecule has 5 nitrogen and oxygen atoms in total. The number of nitriles is 1. The molecule has 1 aromatic heterocycles. The Morgan fingerprint density at radius 2 is 2.22 bits per heavy atom. The molecule has 2 aliphatic heterocycles. The maximum atomic E-state index is 9.42. The number of nitrogens with zero attached hydrogens (tertiary/aromatic N) is 2. The van der Waals surface area contributed by atoms with Gasteiger partial charge in [-0.2, -0.15) is 17.0 Å². The highest BCUT2D eigenvalue weighted by Crippen LogP contribution is 2.49. The summed E-state index contributed by atoms with van der Waals surface area (Å²) in [6, 6.07) is 2.27. The van der Waals surface area contributed by atoms with Crippen molar-refractivity contribution >= 4 is 17.6 Å². The average molecular weight is 262 g/mol. The molecule has 1 fully saturated rings. The maximum Gasteiger partial charge on any atom is 0.223 e. The van der Waals surface area contributed by atoms with E-state index in [2.05, 4.69) is 16.4 Å². The van der Waals surface area contributed by atoms with Crippen LogP contribution in [0, 0.1) is 18.3 Å². The summed E-state index contributed by atoms with van der Waals surface area (Å²) in [5.74, 6) is 3.66. The molecule has 94 valence electrons. The molecular weight excluding hydrogens is 248 g/mol. The zero-order chi connectivity index (χ0) is 12.8. The molecule has 0 radical (unpaired) electrons. The van der Waals surface area contributed by atoms with Crippen molar-refractivity contribution in [3.63, 3.8) is 0 Å². The smallest absolute Gasteiger partial charge is 0.223 e. The molecule has 6 heteroatoms. The Balaban J connectivity index is 2.21. The maximum absolute atomic E-state index is 9.42. The molecule has 1 aromatic rings. The van der Waals surface area contributed by atoms with Crippen LogP contribution in [0.5, 0.6) is 0 Å². The molecule has 1 saturated heterocycles. The van der Waals surface area contributed by atoms with Gasteiger partial charge in [0.2, 0.25) is 5.88 Å². The van der Waals surface area contributed by atoms with Gasteiger partial charge in [0, 0.05) is 6.92 Å². The highest BCUT2D eigenvalue weighted by Gasteiger charge is 2.46. The number of hydrogen-bond acceptors (Lipinski definition) is 6. The summed E-state index contributed by atoms with van der Waals surface area (Å²) in [5.41, 5.74) is 7.09. The molecule has 0 aromatic carbocycles. The quantitative estimate of drug-likeness (QED) is 0.742. The number of hydrogen-bond donors (Lipinski definition) is 2. The van der Waals surface area contributed by atoms with Crippen molar-refractivity contribution in [1.82, 2.24) is 4.98 Å². The molecular formula is C12H14N4OS. The van der Waals surface area contributed by atoms with E-state index >= 15 is 0 Å². The van der Waals surface area contributed by atoms with E-state index in [0.717, 1.165) is 30.0 Å². The Bertz CT molecular complexity index is 563. The van der Waals surface area contributed by atoms with Crippen molar-refractivity contribution in [2.75, 3.05) is 16.8 Å². The van der Waals surface area contributed by atoms with Crippen LogP contribution < -0.4 is 11.1 Å². The van der Waals surface area contributed by atoms with Gasteiger partial charge in [-0.1, -0.05) is 0 Å². The number of fused-ring (bicyclic) bond motifs is 2. The van der Waals surface area contributed by atoms with Gasteiger partial charge in [-0.15, -0.1) is 0 Å². The minimum absolute atomic E-state index is 0.345. The fourth-order valence-electron chi connectivity index (χ4n) is 2.77. The number of allylic oxidation sites excluding steroid dienone is 1. The van der Waals surface area contributed by atoms with E-state index in [-0.39, 0.29) is 5.41 Å². The van der Waals surface area contributed by atoms with Crippen molar-refractivity contribution < 1.29 is 4.42 Å². The first-order chi connectivity index (χ1) is 8.67. The van der Waals surface area contributed by atoms with Crippen molar-refractivity contribution in [3.05, 3.63) is 23.0 Å². The second kappa shape index (κ2) is 3.95. The van der Waals surface area contributed by atoms with Gasteiger partial charge in [0.25, 0.3) is 0 Å². The number of anilines is 1. The fraction of sp³-hybridized carbons (Fsp3) is 0.500. The Kier molecular flexibility index (Phi) is 2.52. The Morgan fingerprint density at radius 1 is 1.50 bits per heavy atom. The van der Waals surface area contributed by atoms with Gasteiger partial charge in [0.15, 0.2) is 5.89 Å². The highest BCUT2D eigenvalue weighted by atomic mass is 32.2. The highest BCUT2D eigenvalue weighted by molar-refractivity contribution is 7.99. The van der Waals surface area contributed by atoms with Crippen LogP contribution in [0.3, 0.4) is 0 Å². The standard InChI is InChI=1S/C12H14N4OS/c1-7-15-9-11(17-7)16-10(14)8(6-13)12(9)2-4-18-5-3-12/h16H,2-5,14H2,1H3. The van der Waals surface area contributed by atoms with E-state index < -0.39 is 0 Å². The van der Waals surface area contributed by atoms with Crippen LogP contribution in [0.4, 0.5) is 5.88 Å². The Hall–Kier alpha value is -1.61. The lowest BCUT2D eigenvalue weighted by Crippen LogP contribution is -2.39. The molecule has 3 rings (SSSR count). The minimum atomic E-state index is -0.345. The molecule has 0 bridgehead atoms. The number of nitrogens with two attached hydrogens (primary N) is 1. The van der Waals surface area contributed by atoms with Crippen molar-refractivity contribution in [2.45, 2.75) is 25.2 Å². The summed E-state index contributed by atoms with van der Waals surface area (Å²) in [4.78, 5) is 4.48. The van der Waals surface area contributed by atoms with Crippen LogP contribution in [0.15, 0.2) is 15.8 Å². The van der Waals surface area contributed by atoms with Crippen molar-refractivity contribution in [3.8, 4) is 6.07 Å². The number of aryl methyl sites for hydroxylation is 1. The third-order valence-corrected chi connectivity index (χ3v) is 4.63. The van der Waals surface area contributed by atoms with Gasteiger partial charge in [-0.3, -0.25) is 0 Å². The van der Waals surface area contributed by atoms with Gasteiger partial charge in [-0.05, 0) is 24.3 Å². The number of thioether (sulfide) groups is 1. The molecule has 0 aliphatic carbocycles. The predicted molar refractivity (Wildman–Crippen MR) is 69.9 cm³/mol. The number of oxazole rings is 1. The summed E-state index contributed by atoms with van der Waals surface area (Å²) in [7, 11) is 0. The van der Waals surface area contributed by atoms with E-state index in [4.69, 9.17) is 10.2 Å². The van der Waals surface area contributed by atoms with Crippen molar-refractivity contribution in [1.29, 1.82) is 5.26 Å². The van der Waals surface area contributed by atoms with Crippen molar-refractivity contribution in [2.24, 2.45) is 5.73 Å². The van der Waals surface area contributed by atoms with Crippen LogP contribution in [0.2, 0.25) is 0 Å². The van der Waals surface area contributed by atoms with E-state index in [1.165, 1.54) is 0 Å². The van der Waals surface area contributed by atoms with Crippen LogP contribution >= 0.6 is 11.8 Å². The molecule has 0 atom stereocenters. The Labute approximate surface area is 109 Å². The van der Waals surface area contributed by atoms with Gasteiger partial charge < -0.3 is 15.5 Å². The SMILES string of the molecule is Cc1nc2c(o1)NC(N)=C(C#N)C21CCSCC1. The van der Waals surface area contributed by atoms with E-state index in [1.54, 1.807) is 0 Å². The molecule has 0 saturated carbocycles. The van der Waals surface area contributed by atoms with Gasteiger partial charge in [0.1, 0.15) is 11.5 Å². The molecule has 2 aliphatic rings. The normalized spacial score (nSPS) is 21.3. The number of nitrogens with one attached hydrogen (secondary N) is 1.